The molecule has 0 aliphatic heterocycles. The predicted molar refractivity (Wildman–Crippen MR) is 115 cm³/mol. The fourth-order valence-corrected chi connectivity index (χ4v) is 2.86. The van der Waals surface area contributed by atoms with Crippen LogP contribution in [0.5, 0.6) is 5.75 Å². The largest absolute Gasteiger partial charge is 0.511 e. The molecule has 0 aliphatic carbocycles. The normalized spacial score (nSPS) is 9.70. The molecule has 27 heavy (non-hydrogen) atoms. The lowest BCUT2D eigenvalue weighted by Gasteiger charge is -2.02. The number of unbranched alkanes of at least 4 members (excludes halogenated alkanes) is 13. The van der Waals surface area contributed by atoms with Crippen molar-refractivity contribution < 1.29 is 20.1 Å². The monoisotopic (exact) mass is 382 g/mol. The first-order chi connectivity index (χ1) is 12.7. The van der Waals surface area contributed by atoms with Crippen LogP contribution in [0.1, 0.15) is 104 Å². The summed E-state index contributed by atoms with van der Waals surface area (Å²) in [4.78, 5) is 9.95. The van der Waals surface area contributed by atoms with E-state index in [4.69, 9.17) is 5.11 Å². The van der Waals surface area contributed by atoms with E-state index in [2.05, 4.69) is 18.6 Å². The van der Waals surface area contributed by atoms with Crippen LogP contribution in [-0.4, -0.2) is 16.7 Å². The van der Waals surface area contributed by atoms with Crippen LogP contribution in [0.25, 0.3) is 0 Å². The van der Waals surface area contributed by atoms with E-state index in [1.807, 2.05) is 0 Å². The van der Waals surface area contributed by atoms with Gasteiger partial charge in [-0.25, -0.2) is 4.79 Å². The topological polar surface area (TPSA) is 78.0 Å². The Morgan fingerprint density at radius 1 is 0.704 bits per heavy atom. The molecule has 3 N–H and O–H groups in total. The summed E-state index contributed by atoms with van der Waals surface area (Å²) in [6.45, 7) is 4.58. The lowest BCUT2D eigenvalue weighted by Crippen LogP contribution is -2.02. The summed E-state index contributed by atoms with van der Waals surface area (Å²) in [5, 5.41) is 8.14. The Bertz CT molecular complexity index is 392. The average Bonchev–Trinajstić information content (AvgIpc) is 2.63. The lowest BCUT2D eigenvalue weighted by molar-refractivity contribution is 0.144. The Labute approximate surface area is 166 Å². The van der Waals surface area contributed by atoms with Crippen molar-refractivity contribution in [2.75, 3.05) is 0 Å². The second-order valence-electron chi connectivity index (χ2n) is 6.92. The van der Waals surface area contributed by atoms with Crippen molar-refractivity contribution in [1.29, 1.82) is 0 Å². The predicted octanol–water partition coefficient (Wildman–Crippen LogP) is 7.41. The van der Waals surface area contributed by atoms with Crippen LogP contribution >= 0.6 is 0 Å². The van der Waals surface area contributed by atoms with Crippen molar-refractivity contribution >= 4 is 6.16 Å². The van der Waals surface area contributed by atoms with Crippen LogP contribution < -0.4 is 4.74 Å². The second kappa shape index (κ2) is 22.5. The molecule has 4 heteroatoms. The Kier molecular flexibility index (Phi) is 23.0. The van der Waals surface area contributed by atoms with Crippen molar-refractivity contribution in [2.24, 2.45) is 0 Å². The third kappa shape index (κ3) is 22.4. The minimum atomic E-state index is -1.29. The van der Waals surface area contributed by atoms with Crippen LogP contribution in [0, 0.1) is 0 Å². The minimum Gasteiger partial charge on any atom is -0.449 e. The van der Waals surface area contributed by atoms with Gasteiger partial charge in [0.2, 0.25) is 0 Å². The summed E-state index contributed by atoms with van der Waals surface area (Å²) < 4.78 is 4.33. The lowest BCUT2D eigenvalue weighted by atomic mass is 10.0. The van der Waals surface area contributed by atoms with Crippen molar-refractivity contribution in [2.45, 2.75) is 104 Å². The van der Waals surface area contributed by atoms with Crippen molar-refractivity contribution in [3.8, 4) is 5.75 Å². The number of para-hydroxylation sites is 1. The standard InChI is InChI=1S/C16H34.C7H6O3.H2O/c1-3-5-7-9-11-13-15-16-14-12-10-8-6-4-2;8-7(9)10-6-4-2-1-3-5-6;/h3-16H2,1-2H3;1-5H,(H,8,9);1H2. The number of hydrogen-bond donors (Lipinski definition) is 1. The molecule has 1 rings (SSSR count). The molecule has 0 saturated carbocycles. The Morgan fingerprint density at radius 3 is 1.33 bits per heavy atom. The summed E-state index contributed by atoms with van der Waals surface area (Å²) in [5.41, 5.74) is 0. The number of carboxylic acid groups (broad SMARTS) is 1. The van der Waals surface area contributed by atoms with E-state index >= 15 is 0 Å². The van der Waals surface area contributed by atoms with Crippen LogP contribution in [0.2, 0.25) is 0 Å². The maximum absolute atomic E-state index is 9.95. The highest BCUT2D eigenvalue weighted by atomic mass is 16.7. The first-order valence-corrected chi connectivity index (χ1v) is 10.7. The van der Waals surface area contributed by atoms with Crippen LogP contribution in [0.15, 0.2) is 30.3 Å². The van der Waals surface area contributed by atoms with E-state index in [1.165, 1.54) is 89.9 Å². The van der Waals surface area contributed by atoms with Gasteiger partial charge in [0.05, 0.1) is 0 Å². The zero-order valence-electron chi connectivity index (χ0n) is 17.5. The molecule has 0 spiro atoms. The first kappa shape index (κ1) is 27.7. The third-order valence-corrected chi connectivity index (χ3v) is 4.41. The number of benzene rings is 1. The quantitative estimate of drug-likeness (QED) is 0.207. The average molecular weight is 383 g/mol. The van der Waals surface area contributed by atoms with E-state index in [9.17, 15) is 4.79 Å². The minimum absolute atomic E-state index is 0. The van der Waals surface area contributed by atoms with Gasteiger partial charge >= 0.3 is 6.16 Å². The number of ether oxygens (including phenoxy) is 1. The smallest absolute Gasteiger partial charge is 0.449 e. The molecule has 0 aromatic heterocycles. The zero-order valence-corrected chi connectivity index (χ0v) is 17.5. The first-order valence-electron chi connectivity index (χ1n) is 10.7. The molecule has 1 aromatic carbocycles. The molecule has 0 amide bonds. The highest BCUT2D eigenvalue weighted by Crippen LogP contribution is 2.12. The molecular weight excluding hydrogens is 340 g/mol. The van der Waals surface area contributed by atoms with Gasteiger partial charge in [-0.05, 0) is 12.1 Å². The van der Waals surface area contributed by atoms with Gasteiger partial charge < -0.3 is 15.3 Å². The van der Waals surface area contributed by atoms with Crippen molar-refractivity contribution in [1.82, 2.24) is 0 Å². The molecule has 0 bridgehead atoms. The number of carbonyl (C=O) groups is 1. The second-order valence-corrected chi connectivity index (χ2v) is 6.92. The fraction of sp³-hybridized carbons (Fsp3) is 0.696. The molecule has 4 nitrogen and oxygen atoms in total. The van der Waals surface area contributed by atoms with E-state index < -0.39 is 6.16 Å². The molecule has 0 heterocycles. The maximum Gasteiger partial charge on any atom is 0.511 e. The molecule has 0 aliphatic rings. The number of rotatable bonds is 14. The van der Waals surface area contributed by atoms with Gasteiger partial charge in [-0.2, -0.15) is 0 Å². The van der Waals surface area contributed by atoms with Crippen molar-refractivity contribution in [3.05, 3.63) is 30.3 Å². The fourth-order valence-electron chi connectivity index (χ4n) is 2.86. The highest BCUT2D eigenvalue weighted by Gasteiger charge is 1.96. The van der Waals surface area contributed by atoms with Gasteiger partial charge in [0.1, 0.15) is 5.75 Å². The maximum atomic E-state index is 9.95. The molecule has 0 radical (unpaired) electrons. The molecule has 0 atom stereocenters. The Balaban J connectivity index is 0. The molecule has 0 saturated heterocycles. The third-order valence-electron chi connectivity index (χ3n) is 4.41. The number of hydrogen-bond acceptors (Lipinski definition) is 2. The van der Waals surface area contributed by atoms with Crippen molar-refractivity contribution in [3.63, 3.8) is 0 Å². The van der Waals surface area contributed by atoms with Gasteiger partial charge in [-0.15, -0.1) is 0 Å². The van der Waals surface area contributed by atoms with Gasteiger partial charge in [0.15, 0.2) is 0 Å². The van der Waals surface area contributed by atoms with Crippen LogP contribution in [-0.2, 0) is 0 Å². The molecular formula is C23H42O4. The summed E-state index contributed by atoms with van der Waals surface area (Å²) >= 11 is 0. The van der Waals surface area contributed by atoms with Gasteiger partial charge in [0, 0.05) is 0 Å². The zero-order chi connectivity index (χ0) is 19.3. The summed E-state index contributed by atoms with van der Waals surface area (Å²) in [6, 6.07) is 8.35. The summed E-state index contributed by atoms with van der Waals surface area (Å²) in [7, 11) is 0. The highest BCUT2D eigenvalue weighted by molar-refractivity contribution is 5.60. The van der Waals surface area contributed by atoms with E-state index in [0.717, 1.165) is 0 Å². The van der Waals surface area contributed by atoms with Gasteiger partial charge in [-0.1, -0.05) is 122 Å². The summed E-state index contributed by atoms with van der Waals surface area (Å²) in [5.74, 6) is 0.343. The van der Waals surface area contributed by atoms with E-state index in [-0.39, 0.29) is 5.48 Å². The summed E-state index contributed by atoms with van der Waals surface area (Å²) in [6.07, 6.45) is 19.1. The molecule has 0 unspecified atom stereocenters. The van der Waals surface area contributed by atoms with E-state index in [1.54, 1.807) is 30.3 Å². The van der Waals surface area contributed by atoms with E-state index in [0.29, 0.717) is 5.75 Å². The molecule has 0 fully saturated rings. The molecule has 1 aromatic rings. The Morgan fingerprint density at radius 2 is 1.04 bits per heavy atom. The van der Waals surface area contributed by atoms with Crippen LogP contribution in [0.4, 0.5) is 4.79 Å². The molecule has 158 valence electrons. The SMILES string of the molecule is CCCCCCCCCCCCCCCC.O.O=C(O)Oc1ccccc1. The Hall–Kier alpha value is -1.55. The van der Waals surface area contributed by atoms with Crippen LogP contribution in [0.3, 0.4) is 0 Å². The van der Waals surface area contributed by atoms with Gasteiger partial charge in [0.25, 0.3) is 0 Å². The van der Waals surface area contributed by atoms with Gasteiger partial charge in [-0.3, -0.25) is 0 Å².